The molecule has 3 aromatic rings. The van der Waals surface area contributed by atoms with Gasteiger partial charge in [0.25, 0.3) is 5.91 Å². The molecule has 3 rings (SSSR count). The molecule has 0 unspecified atom stereocenters. The first-order chi connectivity index (χ1) is 14.4. The molecule has 1 heterocycles. The highest BCUT2D eigenvalue weighted by Gasteiger charge is 2.24. The topological polar surface area (TPSA) is 69.7 Å². The fourth-order valence-electron chi connectivity index (χ4n) is 3.00. The molecule has 1 N–H and O–H groups in total. The Balaban J connectivity index is 1.74. The SMILES string of the molecule is COc1ccc(C(C)(C)CNC(=O)c2cccnc2Oc2ccccc2)cc1OC. The van der Waals surface area contributed by atoms with Crippen molar-refractivity contribution in [2.75, 3.05) is 20.8 Å². The highest BCUT2D eigenvalue weighted by Crippen LogP contribution is 2.33. The van der Waals surface area contributed by atoms with Gasteiger partial charge in [0.2, 0.25) is 5.88 Å². The molecular weight excluding hydrogens is 380 g/mol. The molecule has 156 valence electrons. The number of methoxy groups -OCH3 is 2. The summed E-state index contributed by atoms with van der Waals surface area (Å²) in [5.41, 5.74) is 1.06. The Morgan fingerprint density at radius 1 is 0.967 bits per heavy atom. The molecule has 0 aliphatic carbocycles. The molecule has 0 aliphatic heterocycles. The van der Waals surface area contributed by atoms with E-state index in [0.717, 1.165) is 5.56 Å². The molecule has 1 aromatic heterocycles. The Morgan fingerprint density at radius 2 is 1.70 bits per heavy atom. The monoisotopic (exact) mass is 406 g/mol. The molecule has 0 saturated heterocycles. The summed E-state index contributed by atoms with van der Waals surface area (Å²) in [6.45, 7) is 4.53. The van der Waals surface area contributed by atoms with E-state index in [1.807, 2.05) is 48.5 Å². The second-order valence-corrected chi connectivity index (χ2v) is 7.41. The summed E-state index contributed by atoms with van der Waals surface area (Å²) in [7, 11) is 3.21. The van der Waals surface area contributed by atoms with E-state index in [-0.39, 0.29) is 17.2 Å². The standard InChI is InChI=1S/C24H26N2O4/c1-24(2,17-12-13-20(28-3)21(15-17)29-4)16-26-22(27)19-11-8-14-25-23(19)30-18-9-6-5-7-10-18/h5-15H,16H2,1-4H3,(H,26,27). The van der Waals surface area contributed by atoms with Crippen LogP contribution in [-0.2, 0) is 5.41 Å². The average Bonchev–Trinajstić information content (AvgIpc) is 2.78. The van der Waals surface area contributed by atoms with Gasteiger partial charge in [-0.1, -0.05) is 38.1 Å². The van der Waals surface area contributed by atoms with Crippen LogP contribution in [0.25, 0.3) is 0 Å². The van der Waals surface area contributed by atoms with E-state index in [1.54, 1.807) is 32.5 Å². The number of pyridine rings is 1. The molecule has 1 amide bonds. The lowest BCUT2D eigenvalue weighted by Crippen LogP contribution is -2.36. The first-order valence-electron chi connectivity index (χ1n) is 9.63. The van der Waals surface area contributed by atoms with Crippen LogP contribution in [0.3, 0.4) is 0 Å². The first kappa shape index (κ1) is 21.2. The van der Waals surface area contributed by atoms with Gasteiger partial charge in [-0.05, 0) is 42.0 Å². The van der Waals surface area contributed by atoms with E-state index >= 15 is 0 Å². The number of ether oxygens (including phenoxy) is 3. The minimum absolute atomic E-state index is 0.248. The van der Waals surface area contributed by atoms with Crippen LogP contribution in [0.5, 0.6) is 23.1 Å². The van der Waals surface area contributed by atoms with Crippen LogP contribution >= 0.6 is 0 Å². The molecule has 30 heavy (non-hydrogen) atoms. The smallest absolute Gasteiger partial charge is 0.256 e. The first-order valence-corrected chi connectivity index (χ1v) is 9.63. The molecule has 0 radical (unpaired) electrons. The van der Waals surface area contributed by atoms with E-state index in [0.29, 0.717) is 29.4 Å². The van der Waals surface area contributed by atoms with E-state index in [4.69, 9.17) is 14.2 Å². The van der Waals surface area contributed by atoms with Crippen LogP contribution < -0.4 is 19.5 Å². The van der Waals surface area contributed by atoms with Crippen LogP contribution in [0.4, 0.5) is 0 Å². The predicted molar refractivity (Wildman–Crippen MR) is 116 cm³/mol. The summed E-state index contributed by atoms with van der Waals surface area (Å²) >= 11 is 0. The number of para-hydroxylation sites is 1. The number of nitrogens with zero attached hydrogens (tertiary/aromatic N) is 1. The normalized spacial score (nSPS) is 10.9. The fraction of sp³-hybridized carbons (Fsp3) is 0.250. The Bertz CT molecular complexity index is 1000. The molecule has 0 saturated carbocycles. The van der Waals surface area contributed by atoms with Crippen LogP contribution in [-0.4, -0.2) is 31.7 Å². The molecular formula is C24H26N2O4. The predicted octanol–water partition coefficient (Wildman–Crippen LogP) is 4.60. The van der Waals surface area contributed by atoms with Crippen LogP contribution in [0.15, 0.2) is 66.9 Å². The van der Waals surface area contributed by atoms with Crippen molar-refractivity contribution in [3.05, 3.63) is 78.0 Å². The minimum Gasteiger partial charge on any atom is -0.493 e. The van der Waals surface area contributed by atoms with Gasteiger partial charge < -0.3 is 19.5 Å². The van der Waals surface area contributed by atoms with E-state index in [9.17, 15) is 4.79 Å². The summed E-state index contributed by atoms with van der Waals surface area (Å²) in [6.07, 6.45) is 1.60. The minimum atomic E-state index is -0.335. The molecule has 0 bridgehead atoms. The zero-order valence-electron chi connectivity index (χ0n) is 17.6. The van der Waals surface area contributed by atoms with Crippen molar-refractivity contribution in [2.45, 2.75) is 19.3 Å². The van der Waals surface area contributed by atoms with Gasteiger partial charge in [0.1, 0.15) is 11.3 Å². The summed E-state index contributed by atoms with van der Waals surface area (Å²) in [5.74, 6) is 1.96. The summed E-state index contributed by atoms with van der Waals surface area (Å²) in [4.78, 5) is 17.1. The number of amides is 1. The molecule has 0 fully saturated rings. The van der Waals surface area contributed by atoms with Gasteiger partial charge >= 0.3 is 0 Å². The van der Waals surface area contributed by atoms with Crippen molar-refractivity contribution in [3.63, 3.8) is 0 Å². The second kappa shape index (κ2) is 9.31. The third-order valence-corrected chi connectivity index (χ3v) is 4.83. The number of rotatable bonds is 8. The van der Waals surface area contributed by atoms with Crippen molar-refractivity contribution >= 4 is 5.91 Å². The largest absolute Gasteiger partial charge is 0.493 e. The number of carbonyl (C=O) groups excluding carboxylic acids is 1. The molecule has 0 spiro atoms. The maximum Gasteiger partial charge on any atom is 0.256 e. The van der Waals surface area contributed by atoms with Crippen LogP contribution in [0, 0.1) is 0 Å². The summed E-state index contributed by atoms with van der Waals surface area (Å²) in [6, 6.07) is 18.4. The van der Waals surface area contributed by atoms with Gasteiger partial charge in [0.15, 0.2) is 11.5 Å². The maximum absolute atomic E-state index is 12.9. The zero-order valence-corrected chi connectivity index (χ0v) is 17.6. The molecule has 6 nitrogen and oxygen atoms in total. The zero-order chi connectivity index (χ0) is 21.6. The van der Waals surface area contributed by atoms with Crippen molar-refractivity contribution in [1.82, 2.24) is 10.3 Å². The van der Waals surface area contributed by atoms with Crippen molar-refractivity contribution in [3.8, 4) is 23.1 Å². The van der Waals surface area contributed by atoms with Crippen molar-refractivity contribution < 1.29 is 19.0 Å². The maximum atomic E-state index is 12.9. The third-order valence-electron chi connectivity index (χ3n) is 4.83. The van der Waals surface area contributed by atoms with Gasteiger partial charge in [0.05, 0.1) is 14.2 Å². The third kappa shape index (κ3) is 4.89. The number of carbonyl (C=O) groups is 1. The lowest BCUT2D eigenvalue weighted by molar-refractivity contribution is 0.0942. The molecule has 6 heteroatoms. The number of hydrogen-bond donors (Lipinski definition) is 1. The molecule has 0 aliphatic rings. The number of aromatic nitrogens is 1. The van der Waals surface area contributed by atoms with Crippen LogP contribution in [0.2, 0.25) is 0 Å². The second-order valence-electron chi connectivity index (χ2n) is 7.41. The Morgan fingerprint density at radius 3 is 2.40 bits per heavy atom. The highest BCUT2D eigenvalue weighted by molar-refractivity contribution is 5.96. The van der Waals surface area contributed by atoms with Crippen LogP contribution in [0.1, 0.15) is 29.8 Å². The van der Waals surface area contributed by atoms with Gasteiger partial charge in [-0.2, -0.15) is 0 Å². The van der Waals surface area contributed by atoms with Gasteiger partial charge in [-0.3, -0.25) is 4.79 Å². The highest BCUT2D eigenvalue weighted by atomic mass is 16.5. The van der Waals surface area contributed by atoms with E-state index < -0.39 is 0 Å². The van der Waals surface area contributed by atoms with Crippen molar-refractivity contribution in [1.29, 1.82) is 0 Å². The van der Waals surface area contributed by atoms with Crippen molar-refractivity contribution in [2.24, 2.45) is 0 Å². The number of nitrogens with one attached hydrogen (secondary N) is 1. The average molecular weight is 406 g/mol. The lowest BCUT2D eigenvalue weighted by atomic mass is 9.84. The lowest BCUT2D eigenvalue weighted by Gasteiger charge is -2.26. The Hall–Kier alpha value is -3.54. The molecule has 0 atom stereocenters. The van der Waals surface area contributed by atoms with Gasteiger partial charge in [-0.15, -0.1) is 0 Å². The van der Waals surface area contributed by atoms with E-state index in [1.165, 1.54) is 0 Å². The molecule has 2 aromatic carbocycles. The number of benzene rings is 2. The Labute approximate surface area is 176 Å². The van der Waals surface area contributed by atoms with Gasteiger partial charge in [0, 0.05) is 18.2 Å². The quantitative estimate of drug-likeness (QED) is 0.592. The Kier molecular flexibility index (Phi) is 6.57. The van der Waals surface area contributed by atoms with E-state index in [2.05, 4.69) is 24.1 Å². The number of hydrogen-bond acceptors (Lipinski definition) is 5. The summed E-state index contributed by atoms with van der Waals surface area (Å²) in [5, 5.41) is 3.00. The summed E-state index contributed by atoms with van der Waals surface area (Å²) < 4.78 is 16.5. The fourth-order valence-corrected chi connectivity index (χ4v) is 3.00. The van der Waals surface area contributed by atoms with Gasteiger partial charge in [-0.25, -0.2) is 4.98 Å².